The monoisotopic (exact) mass is 428 g/mol. The lowest BCUT2D eigenvalue weighted by molar-refractivity contribution is -0.137. The molecule has 162 valence electrons. The second-order valence-electron chi connectivity index (χ2n) is 7.21. The molecule has 1 aromatic heterocycles. The molecule has 0 bridgehead atoms. The lowest BCUT2D eigenvalue weighted by Gasteiger charge is -2.18. The van der Waals surface area contributed by atoms with E-state index in [1.54, 1.807) is 12.5 Å². The Hall–Kier alpha value is -1.47. The van der Waals surface area contributed by atoms with Crippen molar-refractivity contribution in [1.29, 1.82) is 0 Å². The first-order chi connectivity index (χ1) is 14.0. The summed E-state index contributed by atoms with van der Waals surface area (Å²) in [5.41, 5.74) is -0.619. The van der Waals surface area contributed by atoms with E-state index in [1.165, 1.54) is 62.4 Å². The average Bonchev–Trinajstić information content (AvgIpc) is 3.20. The van der Waals surface area contributed by atoms with E-state index in [4.69, 9.17) is 4.74 Å². The van der Waals surface area contributed by atoms with E-state index in [2.05, 4.69) is 11.9 Å². The Bertz CT molecular complexity index is 660. The molecule has 0 N–H and O–H groups in total. The number of aromatic nitrogens is 2. The normalized spacial score (nSPS) is 13.0. The van der Waals surface area contributed by atoms with Crippen LogP contribution in [0.15, 0.2) is 47.9 Å². The van der Waals surface area contributed by atoms with Gasteiger partial charge in [-0.2, -0.15) is 13.2 Å². The molecule has 3 nitrogen and oxygen atoms in total. The maximum absolute atomic E-state index is 12.7. The average molecular weight is 429 g/mol. The van der Waals surface area contributed by atoms with Gasteiger partial charge in [0, 0.05) is 29.6 Å². The van der Waals surface area contributed by atoms with Gasteiger partial charge in [-0.1, -0.05) is 45.4 Å². The highest BCUT2D eigenvalue weighted by Gasteiger charge is 2.29. The van der Waals surface area contributed by atoms with Gasteiger partial charge < -0.3 is 9.30 Å². The molecule has 1 heterocycles. The standard InChI is InChI=1S/C22H31F3N2OS/c1-2-3-4-5-6-7-8-15-28-20(16-27-14-13-26-18-27)17-29-21-11-9-19(10-12-21)22(23,24)25/h9-14,18,20H,2-8,15-17H2,1H3. The fourth-order valence-corrected chi connectivity index (χ4v) is 3.93. The first-order valence-corrected chi connectivity index (χ1v) is 11.3. The molecule has 29 heavy (non-hydrogen) atoms. The molecule has 2 rings (SSSR count). The second-order valence-corrected chi connectivity index (χ2v) is 8.30. The fraction of sp³-hybridized carbons (Fsp3) is 0.591. The third-order valence-corrected chi connectivity index (χ3v) is 5.84. The van der Waals surface area contributed by atoms with E-state index in [-0.39, 0.29) is 6.10 Å². The lowest BCUT2D eigenvalue weighted by Crippen LogP contribution is -2.23. The minimum absolute atomic E-state index is 0.0171. The van der Waals surface area contributed by atoms with Gasteiger partial charge in [-0.25, -0.2) is 4.98 Å². The van der Waals surface area contributed by atoms with Gasteiger partial charge in [0.1, 0.15) is 0 Å². The maximum atomic E-state index is 12.7. The van der Waals surface area contributed by atoms with Crippen molar-refractivity contribution in [2.75, 3.05) is 12.4 Å². The van der Waals surface area contributed by atoms with E-state index in [0.29, 0.717) is 18.9 Å². The summed E-state index contributed by atoms with van der Waals surface area (Å²) in [6.45, 7) is 3.61. The lowest BCUT2D eigenvalue weighted by atomic mass is 10.1. The molecule has 0 aliphatic heterocycles. The molecule has 2 aromatic rings. The number of halogens is 3. The summed E-state index contributed by atoms with van der Waals surface area (Å²) in [6, 6.07) is 5.31. The Morgan fingerprint density at radius 1 is 1.03 bits per heavy atom. The number of rotatable bonds is 14. The van der Waals surface area contributed by atoms with Crippen LogP contribution >= 0.6 is 11.8 Å². The molecule has 0 aliphatic carbocycles. The van der Waals surface area contributed by atoms with Crippen molar-refractivity contribution >= 4 is 11.8 Å². The predicted molar refractivity (Wildman–Crippen MR) is 112 cm³/mol. The Balaban J connectivity index is 1.76. The van der Waals surface area contributed by atoms with Crippen molar-refractivity contribution < 1.29 is 17.9 Å². The molecule has 1 unspecified atom stereocenters. The molecular formula is C22H31F3N2OS. The summed E-state index contributed by atoms with van der Waals surface area (Å²) in [5.74, 6) is 0.681. The molecule has 0 spiro atoms. The van der Waals surface area contributed by atoms with Gasteiger partial charge >= 0.3 is 6.18 Å². The van der Waals surface area contributed by atoms with E-state index in [1.807, 2.05) is 10.8 Å². The highest BCUT2D eigenvalue weighted by atomic mass is 32.2. The molecule has 1 atom stereocenters. The second kappa shape index (κ2) is 13.0. The molecule has 0 saturated carbocycles. The quantitative estimate of drug-likeness (QED) is 0.244. The van der Waals surface area contributed by atoms with E-state index in [9.17, 15) is 13.2 Å². The smallest absolute Gasteiger partial charge is 0.375 e. The van der Waals surface area contributed by atoms with Crippen LogP contribution in [0.4, 0.5) is 13.2 Å². The van der Waals surface area contributed by atoms with Crippen LogP contribution in [0, 0.1) is 0 Å². The van der Waals surface area contributed by atoms with E-state index >= 15 is 0 Å². The van der Waals surface area contributed by atoms with Crippen LogP contribution in [0.5, 0.6) is 0 Å². The number of benzene rings is 1. The first-order valence-electron chi connectivity index (χ1n) is 10.4. The van der Waals surface area contributed by atoms with Gasteiger partial charge in [-0.3, -0.25) is 0 Å². The van der Waals surface area contributed by atoms with Crippen LogP contribution in [0.2, 0.25) is 0 Å². The third-order valence-electron chi connectivity index (χ3n) is 4.69. The van der Waals surface area contributed by atoms with Crippen molar-refractivity contribution in [2.24, 2.45) is 0 Å². The zero-order valence-corrected chi connectivity index (χ0v) is 17.9. The molecule has 0 amide bonds. The first kappa shape index (κ1) is 23.8. The van der Waals surface area contributed by atoms with Crippen molar-refractivity contribution in [3.8, 4) is 0 Å². The summed E-state index contributed by atoms with van der Waals surface area (Å²) in [5, 5.41) is 0. The minimum atomic E-state index is -4.30. The third kappa shape index (κ3) is 9.72. The number of alkyl halides is 3. The maximum Gasteiger partial charge on any atom is 0.416 e. The largest absolute Gasteiger partial charge is 0.416 e. The summed E-state index contributed by atoms with van der Waals surface area (Å²) in [6.07, 6.45) is 9.70. The van der Waals surface area contributed by atoms with Gasteiger partial charge in [0.2, 0.25) is 0 Å². The zero-order valence-electron chi connectivity index (χ0n) is 17.0. The van der Waals surface area contributed by atoms with Crippen LogP contribution < -0.4 is 0 Å². The van der Waals surface area contributed by atoms with Gasteiger partial charge in [-0.15, -0.1) is 11.8 Å². The molecule has 1 aromatic carbocycles. The van der Waals surface area contributed by atoms with Gasteiger partial charge in [-0.05, 0) is 30.7 Å². The Morgan fingerprint density at radius 3 is 2.34 bits per heavy atom. The number of thioether (sulfide) groups is 1. The Morgan fingerprint density at radius 2 is 1.72 bits per heavy atom. The van der Waals surface area contributed by atoms with Gasteiger partial charge in [0.25, 0.3) is 0 Å². The van der Waals surface area contributed by atoms with Crippen LogP contribution in [-0.4, -0.2) is 28.0 Å². The van der Waals surface area contributed by atoms with Crippen LogP contribution in [0.1, 0.15) is 57.4 Å². The molecule has 0 radical (unpaired) electrons. The van der Waals surface area contributed by atoms with Gasteiger partial charge in [0.15, 0.2) is 0 Å². The molecule has 0 aliphatic rings. The van der Waals surface area contributed by atoms with Crippen molar-refractivity contribution in [2.45, 2.75) is 75.6 Å². The number of hydrogen-bond acceptors (Lipinski definition) is 3. The SMILES string of the molecule is CCCCCCCCCOC(CSc1ccc(C(F)(F)F)cc1)Cn1ccnc1. The minimum Gasteiger partial charge on any atom is -0.375 e. The van der Waals surface area contributed by atoms with E-state index < -0.39 is 11.7 Å². The van der Waals surface area contributed by atoms with Crippen LogP contribution in [0.25, 0.3) is 0 Å². The Kier molecular flexibility index (Phi) is 10.6. The fourth-order valence-electron chi connectivity index (χ4n) is 3.02. The zero-order chi connectivity index (χ0) is 21.0. The number of unbranched alkanes of at least 4 members (excludes halogenated alkanes) is 6. The summed E-state index contributed by atoms with van der Waals surface area (Å²) in [4.78, 5) is 4.88. The number of ether oxygens (including phenoxy) is 1. The number of hydrogen-bond donors (Lipinski definition) is 0. The van der Waals surface area contributed by atoms with Gasteiger partial charge in [0.05, 0.1) is 24.5 Å². The Labute approximate surface area is 176 Å². The van der Waals surface area contributed by atoms with Crippen molar-refractivity contribution in [1.82, 2.24) is 9.55 Å². The van der Waals surface area contributed by atoms with Crippen LogP contribution in [-0.2, 0) is 17.5 Å². The number of nitrogens with zero attached hydrogens (tertiary/aromatic N) is 2. The molecular weight excluding hydrogens is 397 g/mol. The highest BCUT2D eigenvalue weighted by Crippen LogP contribution is 2.31. The van der Waals surface area contributed by atoms with Crippen molar-refractivity contribution in [3.05, 3.63) is 48.5 Å². The summed E-state index contributed by atoms with van der Waals surface area (Å²) < 4.78 is 46.2. The topological polar surface area (TPSA) is 27.1 Å². The number of imidazole rings is 1. The summed E-state index contributed by atoms with van der Waals surface area (Å²) >= 11 is 1.52. The molecule has 0 fully saturated rings. The molecule has 0 saturated heterocycles. The van der Waals surface area contributed by atoms with Crippen molar-refractivity contribution in [3.63, 3.8) is 0 Å². The van der Waals surface area contributed by atoms with Crippen LogP contribution in [0.3, 0.4) is 0 Å². The highest BCUT2D eigenvalue weighted by molar-refractivity contribution is 7.99. The molecule has 7 heteroatoms. The van der Waals surface area contributed by atoms with E-state index in [0.717, 1.165) is 23.4 Å². The predicted octanol–water partition coefficient (Wildman–Crippen LogP) is 6.83. The summed E-state index contributed by atoms with van der Waals surface area (Å²) in [7, 11) is 0.